The summed E-state index contributed by atoms with van der Waals surface area (Å²) in [6.07, 6.45) is 0. The zero-order valence-electron chi connectivity index (χ0n) is 18.2. The van der Waals surface area contributed by atoms with Crippen LogP contribution in [0.2, 0.25) is 0 Å². The standard InChI is InChI=1S/C23H30N4O3/c1-16-10-12-17(13-11-16)14-24-21(29)18-8-6-7-9-19(18)26-20(28)15-25-23(2,3)22(30)27(4)5/h6-13,25H,14-15H2,1-5H3,(H,24,29)(H,26,28). The molecule has 160 valence electrons. The molecule has 7 nitrogen and oxygen atoms in total. The van der Waals surface area contributed by atoms with E-state index in [2.05, 4.69) is 16.0 Å². The van der Waals surface area contributed by atoms with Crippen molar-refractivity contribution in [3.8, 4) is 0 Å². The molecule has 0 radical (unpaired) electrons. The van der Waals surface area contributed by atoms with E-state index in [0.717, 1.165) is 11.1 Å². The minimum atomic E-state index is -0.883. The van der Waals surface area contributed by atoms with Gasteiger partial charge in [0.25, 0.3) is 5.91 Å². The summed E-state index contributed by atoms with van der Waals surface area (Å²) in [5, 5.41) is 8.58. The molecule has 3 amide bonds. The van der Waals surface area contributed by atoms with E-state index in [9.17, 15) is 14.4 Å². The van der Waals surface area contributed by atoms with E-state index in [0.29, 0.717) is 17.8 Å². The van der Waals surface area contributed by atoms with E-state index < -0.39 is 5.54 Å². The molecule has 0 aromatic heterocycles. The molecular weight excluding hydrogens is 380 g/mol. The molecule has 30 heavy (non-hydrogen) atoms. The Morgan fingerprint density at radius 2 is 1.60 bits per heavy atom. The third kappa shape index (κ3) is 6.42. The number of para-hydroxylation sites is 1. The van der Waals surface area contributed by atoms with Crippen molar-refractivity contribution in [2.45, 2.75) is 32.9 Å². The SMILES string of the molecule is Cc1ccc(CNC(=O)c2ccccc2NC(=O)CNC(C)(C)C(=O)N(C)C)cc1. The molecule has 0 bridgehead atoms. The topological polar surface area (TPSA) is 90.5 Å². The minimum Gasteiger partial charge on any atom is -0.348 e. The summed E-state index contributed by atoms with van der Waals surface area (Å²) in [5.74, 6) is -0.748. The lowest BCUT2D eigenvalue weighted by Crippen LogP contribution is -2.54. The highest BCUT2D eigenvalue weighted by molar-refractivity contribution is 6.04. The highest BCUT2D eigenvalue weighted by Crippen LogP contribution is 2.15. The van der Waals surface area contributed by atoms with Gasteiger partial charge in [0, 0.05) is 20.6 Å². The summed E-state index contributed by atoms with van der Waals surface area (Å²) in [6.45, 7) is 5.77. The second kappa shape index (κ2) is 10.0. The lowest BCUT2D eigenvalue weighted by atomic mass is 10.0. The van der Waals surface area contributed by atoms with Gasteiger partial charge in [0.15, 0.2) is 0 Å². The third-order valence-corrected chi connectivity index (χ3v) is 4.65. The number of anilines is 1. The monoisotopic (exact) mass is 410 g/mol. The molecule has 0 saturated carbocycles. The van der Waals surface area contributed by atoms with Crippen molar-refractivity contribution in [3.05, 3.63) is 65.2 Å². The van der Waals surface area contributed by atoms with Gasteiger partial charge in [-0.2, -0.15) is 0 Å². The van der Waals surface area contributed by atoms with Crippen LogP contribution in [0.3, 0.4) is 0 Å². The van der Waals surface area contributed by atoms with Crippen LogP contribution in [0.4, 0.5) is 5.69 Å². The molecule has 0 fully saturated rings. The molecule has 2 aromatic rings. The van der Waals surface area contributed by atoms with Crippen LogP contribution in [0.15, 0.2) is 48.5 Å². The number of nitrogens with zero attached hydrogens (tertiary/aromatic N) is 1. The maximum Gasteiger partial charge on any atom is 0.253 e. The van der Waals surface area contributed by atoms with Gasteiger partial charge in [0.05, 0.1) is 23.3 Å². The van der Waals surface area contributed by atoms with Gasteiger partial charge in [0.1, 0.15) is 0 Å². The van der Waals surface area contributed by atoms with E-state index in [1.807, 2.05) is 31.2 Å². The van der Waals surface area contributed by atoms with Gasteiger partial charge in [0.2, 0.25) is 11.8 Å². The number of carbonyl (C=O) groups excluding carboxylic acids is 3. The van der Waals surface area contributed by atoms with Crippen molar-refractivity contribution >= 4 is 23.4 Å². The first-order chi connectivity index (χ1) is 14.1. The fraction of sp³-hybridized carbons (Fsp3) is 0.348. The number of aryl methyl sites for hydroxylation is 1. The first kappa shape index (κ1) is 23.1. The van der Waals surface area contributed by atoms with Crippen LogP contribution in [-0.2, 0) is 16.1 Å². The number of nitrogens with one attached hydrogen (secondary N) is 3. The van der Waals surface area contributed by atoms with Crippen molar-refractivity contribution in [1.29, 1.82) is 0 Å². The number of carbonyl (C=O) groups is 3. The van der Waals surface area contributed by atoms with E-state index in [1.165, 1.54) is 4.90 Å². The van der Waals surface area contributed by atoms with E-state index in [1.54, 1.807) is 52.2 Å². The van der Waals surface area contributed by atoms with Crippen LogP contribution in [-0.4, -0.2) is 48.8 Å². The number of hydrogen-bond acceptors (Lipinski definition) is 4. The zero-order chi connectivity index (χ0) is 22.3. The van der Waals surface area contributed by atoms with Crippen LogP contribution < -0.4 is 16.0 Å². The summed E-state index contributed by atoms with van der Waals surface area (Å²) in [6, 6.07) is 14.7. The predicted octanol–water partition coefficient (Wildman–Crippen LogP) is 2.32. The van der Waals surface area contributed by atoms with Crippen LogP contribution in [0.1, 0.15) is 35.3 Å². The van der Waals surface area contributed by atoms with Gasteiger partial charge in [-0.05, 0) is 38.5 Å². The Morgan fingerprint density at radius 3 is 2.23 bits per heavy atom. The van der Waals surface area contributed by atoms with Gasteiger partial charge >= 0.3 is 0 Å². The molecule has 3 N–H and O–H groups in total. The zero-order valence-corrected chi connectivity index (χ0v) is 18.2. The Balaban J connectivity index is 1.98. The van der Waals surface area contributed by atoms with Gasteiger partial charge in [-0.25, -0.2) is 0 Å². The lowest BCUT2D eigenvalue weighted by molar-refractivity contribution is -0.134. The third-order valence-electron chi connectivity index (χ3n) is 4.65. The van der Waals surface area contributed by atoms with Crippen LogP contribution in [0.25, 0.3) is 0 Å². The predicted molar refractivity (Wildman–Crippen MR) is 118 cm³/mol. The van der Waals surface area contributed by atoms with Crippen LogP contribution >= 0.6 is 0 Å². The largest absolute Gasteiger partial charge is 0.348 e. The highest BCUT2D eigenvalue weighted by atomic mass is 16.2. The van der Waals surface area contributed by atoms with E-state index >= 15 is 0 Å². The summed E-state index contributed by atoms with van der Waals surface area (Å²) in [4.78, 5) is 38.7. The fourth-order valence-electron chi connectivity index (χ4n) is 2.90. The van der Waals surface area contributed by atoms with Crippen molar-refractivity contribution in [2.75, 3.05) is 26.0 Å². The van der Waals surface area contributed by atoms with Gasteiger partial charge in [-0.1, -0.05) is 42.0 Å². The molecule has 0 aliphatic carbocycles. The van der Waals surface area contributed by atoms with Crippen molar-refractivity contribution in [3.63, 3.8) is 0 Å². The summed E-state index contributed by atoms with van der Waals surface area (Å²) < 4.78 is 0. The van der Waals surface area contributed by atoms with Crippen molar-refractivity contribution < 1.29 is 14.4 Å². The van der Waals surface area contributed by atoms with Gasteiger partial charge in [-0.3, -0.25) is 19.7 Å². The first-order valence-electron chi connectivity index (χ1n) is 9.79. The summed E-state index contributed by atoms with van der Waals surface area (Å²) >= 11 is 0. The van der Waals surface area contributed by atoms with Gasteiger partial charge < -0.3 is 15.5 Å². The average molecular weight is 411 g/mol. The molecule has 2 rings (SSSR count). The molecule has 0 saturated heterocycles. The molecule has 0 aliphatic rings. The Labute approximate surface area is 177 Å². The highest BCUT2D eigenvalue weighted by Gasteiger charge is 2.29. The Morgan fingerprint density at radius 1 is 0.967 bits per heavy atom. The van der Waals surface area contributed by atoms with Crippen LogP contribution in [0, 0.1) is 6.92 Å². The van der Waals surface area contributed by atoms with E-state index in [-0.39, 0.29) is 24.3 Å². The van der Waals surface area contributed by atoms with Crippen molar-refractivity contribution in [2.24, 2.45) is 0 Å². The quantitative estimate of drug-likeness (QED) is 0.623. The normalized spacial score (nSPS) is 11.0. The summed E-state index contributed by atoms with van der Waals surface area (Å²) in [5.41, 5.74) is 2.06. The maximum absolute atomic E-state index is 12.6. The number of rotatable bonds is 8. The number of benzene rings is 2. The molecule has 0 aliphatic heterocycles. The molecule has 0 atom stereocenters. The van der Waals surface area contributed by atoms with Gasteiger partial charge in [-0.15, -0.1) is 0 Å². The Hall–Kier alpha value is -3.19. The molecule has 2 aromatic carbocycles. The number of likely N-dealkylation sites (N-methyl/N-ethyl adjacent to an activating group) is 1. The van der Waals surface area contributed by atoms with Crippen molar-refractivity contribution in [1.82, 2.24) is 15.5 Å². The van der Waals surface area contributed by atoms with Crippen LogP contribution in [0.5, 0.6) is 0 Å². The Bertz CT molecular complexity index is 905. The second-order valence-corrected chi connectivity index (χ2v) is 7.94. The first-order valence-corrected chi connectivity index (χ1v) is 9.79. The number of amides is 3. The van der Waals surface area contributed by atoms with E-state index in [4.69, 9.17) is 0 Å². The summed E-state index contributed by atoms with van der Waals surface area (Å²) in [7, 11) is 3.33. The Kier molecular flexibility index (Phi) is 7.72. The maximum atomic E-state index is 12.6. The molecule has 0 heterocycles. The lowest BCUT2D eigenvalue weighted by Gasteiger charge is -2.28. The second-order valence-electron chi connectivity index (χ2n) is 7.94. The minimum absolute atomic E-state index is 0.0636. The molecule has 0 spiro atoms. The molecular formula is C23H30N4O3. The number of hydrogen-bond donors (Lipinski definition) is 3. The average Bonchev–Trinajstić information content (AvgIpc) is 2.71. The molecule has 0 unspecified atom stereocenters. The fourth-order valence-corrected chi connectivity index (χ4v) is 2.90. The smallest absolute Gasteiger partial charge is 0.253 e. The molecule has 7 heteroatoms.